The summed E-state index contributed by atoms with van der Waals surface area (Å²) in [6.07, 6.45) is 0. The minimum Gasteiger partial charge on any atom is -0.545 e. The molecule has 20 heavy (non-hydrogen) atoms. The Morgan fingerprint density at radius 1 is 1.30 bits per heavy atom. The standard InChI is InChI=1S/C8H6Cl2O3.C5H14NO/c1-13-7-5(10)3-2-4(9)6(7)8(11)12;1-6(2,3)4-5-7/h2-3H,1H3,(H,11,12);7H,4-5H2,1-3H3/q;+1/p-1. The number of hydrogen-bond donors (Lipinski definition) is 1. The number of aliphatic hydroxyl groups excluding tert-OH is 1. The Balaban J connectivity index is 0.000000441. The van der Waals surface area contributed by atoms with Crippen molar-refractivity contribution in [2.75, 3.05) is 41.4 Å². The van der Waals surface area contributed by atoms with E-state index in [1.54, 1.807) is 0 Å². The Labute approximate surface area is 128 Å². The van der Waals surface area contributed by atoms with Gasteiger partial charge in [-0.2, -0.15) is 0 Å². The summed E-state index contributed by atoms with van der Waals surface area (Å²) in [6.45, 7) is 1.11. The SMILES string of the molecule is COc1c(Cl)ccc(Cl)c1C(=O)[O-].C[N+](C)(C)CCO. The number of carboxylic acid groups (broad SMARTS) is 1. The average Bonchev–Trinajstić information content (AvgIpc) is 2.30. The van der Waals surface area contributed by atoms with Crippen LogP contribution in [-0.2, 0) is 0 Å². The number of carbonyl (C=O) groups excluding carboxylic acids is 1. The lowest BCUT2D eigenvalue weighted by Crippen LogP contribution is -2.36. The second-order valence-electron chi connectivity index (χ2n) is 4.96. The third-order valence-corrected chi connectivity index (χ3v) is 2.85. The van der Waals surface area contributed by atoms with Crippen molar-refractivity contribution in [3.63, 3.8) is 0 Å². The predicted molar refractivity (Wildman–Crippen MR) is 77.3 cm³/mol. The number of nitrogens with zero attached hydrogens (tertiary/aromatic N) is 1. The lowest BCUT2D eigenvalue weighted by atomic mass is 10.2. The predicted octanol–water partition coefficient (Wildman–Crippen LogP) is 1.05. The molecule has 1 N–H and O–H groups in total. The van der Waals surface area contributed by atoms with Gasteiger partial charge in [0.1, 0.15) is 12.3 Å². The quantitative estimate of drug-likeness (QED) is 0.841. The molecule has 0 heterocycles. The second-order valence-corrected chi connectivity index (χ2v) is 5.78. The van der Waals surface area contributed by atoms with Crippen molar-refractivity contribution in [1.29, 1.82) is 0 Å². The molecule has 0 aromatic heterocycles. The Morgan fingerprint density at radius 2 is 1.80 bits per heavy atom. The molecule has 0 spiro atoms. The first-order valence-electron chi connectivity index (χ1n) is 5.78. The fourth-order valence-electron chi connectivity index (χ4n) is 1.22. The van der Waals surface area contributed by atoms with Gasteiger partial charge in [-0.15, -0.1) is 0 Å². The van der Waals surface area contributed by atoms with Gasteiger partial charge in [0.15, 0.2) is 0 Å². The maximum atomic E-state index is 10.6. The minimum absolute atomic E-state index is 0.0224. The van der Waals surface area contributed by atoms with E-state index in [0.29, 0.717) is 0 Å². The van der Waals surface area contributed by atoms with E-state index in [1.165, 1.54) is 19.2 Å². The van der Waals surface area contributed by atoms with Gasteiger partial charge in [0, 0.05) is 0 Å². The molecular formula is C13H19Cl2NO4. The third-order valence-electron chi connectivity index (χ3n) is 2.24. The number of benzene rings is 1. The molecule has 1 rings (SSSR count). The molecule has 0 aliphatic carbocycles. The molecule has 0 unspecified atom stereocenters. The Morgan fingerprint density at radius 3 is 2.05 bits per heavy atom. The van der Waals surface area contributed by atoms with Crippen LogP contribution in [0, 0.1) is 0 Å². The van der Waals surface area contributed by atoms with E-state index in [2.05, 4.69) is 21.1 Å². The molecule has 1 aromatic carbocycles. The van der Waals surface area contributed by atoms with Gasteiger partial charge < -0.3 is 24.2 Å². The largest absolute Gasteiger partial charge is 0.545 e. The number of ether oxygens (including phenoxy) is 1. The van der Waals surface area contributed by atoms with Gasteiger partial charge in [-0.1, -0.05) is 23.2 Å². The van der Waals surface area contributed by atoms with Crippen molar-refractivity contribution in [1.82, 2.24) is 0 Å². The van der Waals surface area contributed by atoms with E-state index in [1.807, 2.05) is 0 Å². The zero-order valence-electron chi connectivity index (χ0n) is 11.9. The number of methoxy groups -OCH3 is 1. The molecule has 0 fully saturated rings. The fourth-order valence-corrected chi connectivity index (χ4v) is 1.68. The van der Waals surface area contributed by atoms with E-state index in [4.69, 9.17) is 33.0 Å². The van der Waals surface area contributed by atoms with Gasteiger partial charge in [0.2, 0.25) is 0 Å². The number of rotatable bonds is 4. The van der Waals surface area contributed by atoms with Gasteiger partial charge in [0.05, 0.1) is 56.4 Å². The smallest absolute Gasteiger partial charge is 0.147 e. The Bertz CT molecular complexity index is 458. The maximum absolute atomic E-state index is 10.6. The summed E-state index contributed by atoms with van der Waals surface area (Å²) in [5.41, 5.74) is -0.225. The summed E-state index contributed by atoms with van der Waals surface area (Å²) in [7, 11) is 7.46. The molecule has 0 amide bonds. The first kappa shape index (κ1) is 19.0. The molecular weight excluding hydrogens is 305 g/mol. The highest BCUT2D eigenvalue weighted by atomic mass is 35.5. The first-order chi connectivity index (χ1) is 9.14. The van der Waals surface area contributed by atoms with E-state index in [9.17, 15) is 9.90 Å². The van der Waals surface area contributed by atoms with Gasteiger partial charge in [-0.3, -0.25) is 0 Å². The summed E-state index contributed by atoms with van der Waals surface area (Å²) in [6, 6.07) is 2.83. The van der Waals surface area contributed by atoms with Crippen LogP contribution in [0.3, 0.4) is 0 Å². The van der Waals surface area contributed by atoms with Crippen LogP contribution in [0.1, 0.15) is 10.4 Å². The van der Waals surface area contributed by atoms with Crippen LogP contribution < -0.4 is 9.84 Å². The van der Waals surface area contributed by atoms with Crippen molar-refractivity contribution in [3.05, 3.63) is 27.7 Å². The van der Waals surface area contributed by atoms with Crippen molar-refractivity contribution >= 4 is 29.2 Å². The van der Waals surface area contributed by atoms with Crippen LogP contribution >= 0.6 is 23.2 Å². The molecule has 0 aliphatic heterocycles. The lowest BCUT2D eigenvalue weighted by molar-refractivity contribution is -0.870. The molecule has 0 aliphatic rings. The number of aromatic carboxylic acids is 1. The number of halogens is 2. The van der Waals surface area contributed by atoms with E-state index in [0.717, 1.165) is 11.0 Å². The van der Waals surface area contributed by atoms with Crippen LogP contribution in [0.4, 0.5) is 0 Å². The van der Waals surface area contributed by atoms with Crippen LogP contribution in [0.5, 0.6) is 5.75 Å². The molecule has 0 atom stereocenters. The van der Waals surface area contributed by atoms with Crippen LogP contribution in [0.15, 0.2) is 12.1 Å². The molecule has 7 heteroatoms. The summed E-state index contributed by atoms with van der Waals surface area (Å²) in [4.78, 5) is 10.6. The molecule has 0 saturated heterocycles. The van der Waals surface area contributed by atoms with Gasteiger partial charge in [0.25, 0.3) is 0 Å². The molecule has 0 radical (unpaired) electrons. The molecule has 0 bridgehead atoms. The zero-order valence-corrected chi connectivity index (χ0v) is 13.5. The highest BCUT2D eigenvalue weighted by Crippen LogP contribution is 2.33. The van der Waals surface area contributed by atoms with Crippen LogP contribution in [0.25, 0.3) is 0 Å². The van der Waals surface area contributed by atoms with E-state index >= 15 is 0 Å². The topological polar surface area (TPSA) is 69.6 Å². The number of quaternary nitrogens is 1. The van der Waals surface area contributed by atoms with Crippen molar-refractivity contribution in [2.45, 2.75) is 0 Å². The number of hydrogen-bond acceptors (Lipinski definition) is 4. The lowest BCUT2D eigenvalue weighted by Gasteiger charge is -2.21. The molecule has 5 nitrogen and oxygen atoms in total. The van der Waals surface area contributed by atoms with Crippen molar-refractivity contribution < 1.29 is 24.2 Å². The number of likely N-dealkylation sites (N-methyl/N-ethyl adjacent to an activating group) is 1. The van der Waals surface area contributed by atoms with Crippen molar-refractivity contribution in [2.24, 2.45) is 0 Å². The number of carboxylic acids is 1. The van der Waals surface area contributed by atoms with E-state index < -0.39 is 5.97 Å². The summed E-state index contributed by atoms with van der Waals surface area (Å²) in [5.74, 6) is -1.39. The van der Waals surface area contributed by atoms with Crippen LogP contribution in [-0.4, -0.2) is 57.0 Å². The fraction of sp³-hybridized carbons (Fsp3) is 0.462. The summed E-state index contributed by atoms with van der Waals surface area (Å²) >= 11 is 11.3. The van der Waals surface area contributed by atoms with Crippen molar-refractivity contribution in [3.8, 4) is 5.75 Å². The first-order valence-corrected chi connectivity index (χ1v) is 6.54. The Kier molecular flexibility index (Phi) is 7.90. The third kappa shape index (κ3) is 6.43. The highest BCUT2D eigenvalue weighted by Gasteiger charge is 2.12. The summed E-state index contributed by atoms with van der Waals surface area (Å²) in [5, 5.41) is 19.2. The van der Waals surface area contributed by atoms with Gasteiger partial charge in [-0.05, 0) is 12.1 Å². The average molecular weight is 324 g/mol. The number of carbonyl (C=O) groups is 1. The Hall–Kier alpha value is -1.01. The highest BCUT2D eigenvalue weighted by molar-refractivity contribution is 6.36. The van der Waals surface area contributed by atoms with E-state index in [-0.39, 0.29) is 28.0 Å². The van der Waals surface area contributed by atoms with Gasteiger partial charge in [-0.25, -0.2) is 0 Å². The molecule has 114 valence electrons. The zero-order chi connectivity index (χ0) is 15.9. The molecule has 1 aromatic rings. The van der Waals surface area contributed by atoms with Gasteiger partial charge >= 0.3 is 0 Å². The monoisotopic (exact) mass is 323 g/mol. The summed E-state index contributed by atoms with van der Waals surface area (Å²) < 4.78 is 5.62. The maximum Gasteiger partial charge on any atom is 0.147 e. The molecule has 0 saturated carbocycles. The number of aliphatic hydroxyl groups is 1. The minimum atomic E-state index is -1.41. The second kappa shape index (κ2) is 8.32. The normalized spacial score (nSPS) is 10.6. The van der Waals surface area contributed by atoms with Crippen LogP contribution in [0.2, 0.25) is 10.0 Å².